The Balaban J connectivity index is 2.27. The molecule has 0 aromatic rings. The number of rotatable bonds is 39. The van der Waals surface area contributed by atoms with Gasteiger partial charge in [-0.25, -0.2) is 0 Å². The highest BCUT2D eigenvalue weighted by Gasteiger charge is 2.44. The molecule has 1 rings (SSSR count). The van der Waals surface area contributed by atoms with Crippen molar-refractivity contribution < 1.29 is 49.0 Å². The summed E-state index contributed by atoms with van der Waals surface area (Å²) in [4.78, 5) is 25.3. The Kier molecular flexibility index (Phi) is 34.8. The van der Waals surface area contributed by atoms with E-state index in [9.17, 15) is 30.0 Å². The molecule has 0 aliphatic carbocycles. The van der Waals surface area contributed by atoms with Crippen molar-refractivity contribution in [1.82, 2.24) is 0 Å². The molecule has 2 unspecified atom stereocenters. The molecule has 1 saturated heterocycles. The lowest BCUT2D eigenvalue weighted by Gasteiger charge is -2.39. The smallest absolute Gasteiger partial charge is 0.306 e. The molecule has 0 amide bonds. The number of carbonyl (C=O) groups excluding carboxylic acids is 2. The number of carbonyl (C=O) groups is 2. The Bertz CT molecular complexity index is 871. The number of ether oxygens (including phenoxy) is 4. The van der Waals surface area contributed by atoms with Crippen molar-refractivity contribution >= 4 is 11.9 Å². The first-order valence-corrected chi connectivity index (χ1v) is 23.1. The number of unbranched alkanes of at least 4 members (excludes halogenated alkanes) is 28. The number of esters is 2. The van der Waals surface area contributed by atoms with Gasteiger partial charge in [-0.2, -0.15) is 0 Å². The van der Waals surface area contributed by atoms with Crippen LogP contribution in [0.3, 0.4) is 0 Å². The third kappa shape index (κ3) is 28.7. The fraction of sp³-hybridized carbons (Fsp3) is 0.956. The summed E-state index contributed by atoms with van der Waals surface area (Å²) in [7, 11) is 0. The van der Waals surface area contributed by atoms with Crippen molar-refractivity contribution in [3.8, 4) is 0 Å². The predicted molar refractivity (Wildman–Crippen MR) is 220 cm³/mol. The van der Waals surface area contributed by atoms with Crippen LogP contribution in [0.15, 0.2) is 0 Å². The lowest BCUT2D eigenvalue weighted by Crippen LogP contribution is -2.59. The van der Waals surface area contributed by atoms with Gasteiger partial charge in [-0.3, -0.25) is 9.59 Å². The lowest BCUT2D eigenvalue weighted by atomic mass is 9.99. The summed E-state index contributed by atoms with van der Waals surface area (Å²) in [5.41, 5.74) is 0. The first kappa shape index (κ1) is 51.7. The second-order valence-electron chi connectivity index (χ2n) is 16.2. The predicted octanol–water partition coefficient (Wildman–Crippen LogP) is 9.78. The highest BCUT2D eigenvalue weighted by atomic mass is 16.7. The average molecular weight is 787 g/mol. The summed E-state index contributed by atoms with van der Waals surface area (Å²) in [5.74, 6) is -0.791. The summed E-state index contributed by atoms with van der Waals surface area (Å²) >= 11 is 0. The van der Waals surface area contributed by atoms with E-state index >= 15 is 0 Å². The monoisotopic (exact) mass is 787 g/mol. The molecule has 0 radical (unpaired) electrons. The first-order valence-electron chi connectivity index (χ1n) is 23.1. The van der Waals surface area contributed by atoms with Crippen molar-refractivity contribution in [3.63, 3.8) is 0 Å². The molecule has 6 atom stereocenters. The summed E-state index contributed by atoms with van der Waals surface area (Å²) in [6.07, 6.45) is 29.7. The van der Waals surface area contributed by atoms with Crippen LogP contribution in [0.1, 0.15) is 219 Å². The van der Waals surface area contributed by atoms with E-state index in [0.29, 0.717) is 6.42 Å². The maximum atomic E-state index is 12.7. The second kappa shape index (κ2) is 37.0. The topological polar surface area (TPSA) is 152 Å². The normalized spacial score (nSPS) is 20.4. The molecule has 0 aromatic carbocycles. The zero-order valence-electron chi connectivity index (χ0n) is 35.5. The van der Waals surface area contributed by atoms with Gasteiger partial charge >= 0.3 is 11.9 Å². The molecule has 1 heterocycles. The van der Waals surface area contributed by atoms with Crippen LogP contribution in [0.4, 0.5) is 0 Å². The van der Waals surface area contributed by atoms with Gasteiger partial charge in [-0.05, 0) is 12.8 Å². The van der Waals surface area contributed by atoms with Crippen LogP contribution in [0, 0.1) is 0 Å². The maximum absolute atomic E-state index is 12.7. The van der Waals surface area contributed by atoms with Crippen LogP contribution in [-0.4, -0.2) is 89.0 Å². The third-order valence-corrected chi connectivity index (χ3v) is 11.0. The molecule has 0 saturated carbocycles. The van der Waals surface area contributed by atoms with Crippen molar-refractivity contribution in [1.29, 1.82) is 0 Å². The van der Waals surface area contributed by atoms with Gasteiger partial charge in [0.05, 0.1) is 13.2 Å². The Labute approximate surface area is 336 Å². The Hall–Kier alpha value is -1.30. The molecular weight excluding hydrogens is 700 g/mol. The van der Waals surface area contributed by atoms with Crippen molar-refractivity contribution in [2.45, 2.75) is 256 Å². The minimum atomic E-state index is -1.59. The van der Waals surface area contributed by atoms with Gasteiger partial charge in [-0.15, -0.1) is 0 Å². The standard InChI is InChI=1S/C45H86O10/c1-3-5-7-9-11-13-15-17-18-19-20-21-22-24-25-27-29-31-33-40(47)52-36-38(37-53-45-44(51)43(50)42(49)39(35-46)55-45)54-41(48)34-32-30-28-26-23-16-14-12-10-8-6-4-2/h38-39,42-46,49-51H,3-37H2,1-2H3/t38-,39-,42+,43?,44?,45-/m0/s1. The van der Waals surface area contributed by atoms with E-state index in [-0.39, 0.29) is 32.0 Å². The molecule has 0 spiro atoms. The van der Waals surface area contributed by atoms with E-state index in [0.717, 1.165) is 38.5 Å². The third-order valence-electron chi connectivity index (χ3n) is 11.0. The minimum absolute atomic E-state index is 0.209. The van der Waals surface area contributed by atoms with E-state index in [1.807, 2.05) is 0 Å². The largest absolute Gasteiger partial charge is 0.462 e. The molecule has 326 valence electrons. The van der Waals surface area contributed by atoms with E-state index < -0.39 is 49.4 Å². The van der Waals surface area contributed by atoms with Gasteiger partial charge in [0.15, 0.2) is 12.4 Å². The van der Waals surface area contributed by atoms with Crippen LogP contribution >= 0.6 is 0 Å². The molecular formula is C45H86O10. The summed E-state index contributed by atoms with van der Waals surface area (Å²) in [6.45, 7) is 3.45. The zero-order chi connectivity index (χ0) is 40.2. The van der Waals surface area contributed by atoms with E-state index in [1.54, 1.807) is 0 Å². The average Bonchev–Trinajstić information content (AvgIpc) is 3.18. The van der Waals surface area contributed by atoms with E-state index in [2.05, 4.69) is 13.8 Å². The van der Waals surface area contributed by atoms with Gasteiger partial charge in [-0.1, -0.05) is 194 Å². The summed E-state index contributed by atoms with van der Waals surface area (Å²) in [5, 5.41) is 40.0. The molecule has 0 bridgehead atoms. The molecule has 4 N–H and O–H groups in total. The first-order chi connectivity index (χ1) is 26.8. The molecule has 10 heteroatoms. The number of aliphatic hydroxyl groups excluding tert-OH is 4. The minimum Gasteiger partial charge on any atom is -0.462 e. The molecule has 1 aliphatic heterocycles. The van der Waals surface area contributed by atoms with E-state index in [1.165, 1.54) is 148 Å². The maximum Gasteiger partial charge on any atom is 0.306 e. The number of hydrogen-bond donors (Lipinski definition) is 4. The van der Waals surface area contributed by atoms with Crippen LogP contribution < -0.4 is 0 Å². The molecule has 0 aromatic heterocycles. The van der Waals surface area contributed by atoms with Crippen LogP contribution in [0.25, 0.3) is 0 Å². The molecule has 1 fully saturated rings. The second-order valence-corrected chi connectivity index (χ2v) is 16.2. The number of aliphatic hydroxyl groups is 4. The Morgan fingerprint density at radius 2 is 0.855 bits per heavy atom. The molecule has 1 aliphatic rings. The van der Waals surface area contributed by atoms with Gasteiger partial charge in [0, 0.05) is 12.8 Å². The van der Waals surface area contributed by atoms with Gasteiger partial charge < -0.3 is 39.4 Å². The van der Waals surface area contributed by atoms with E-state index in [4.69, 9.17) is 18.9 Å². The van der Waals surface area contributed by atoms with Gasteiger partial charge in [0.25, 0.3) is 0 Å². The quantitative estimate of drug-likeness (QED) is 0.0350. The van der Waals surface area contributed by atoms with Gasteiger partial charge in [0.2, 0.25) is 0 Å². The summed E-state index contributed by atoms with van der Waals surface area (Å²) in [6, 6.07) is 0. The zero-order valence-corrected chi connectivity index (χ0v) is 35.5. The van der Waals surface area contributed by atoms with Crippen LogP contribution in [-0.2, 0) is 28.5 Å². The Morgan fingerprint density at radius 3 is 1.24 bits per heavy atom. The fourth-order valence-electron chi connectivity index (χ4n) is 7.31. The lowest BCUT2D eigenvalue weighted by molar-refractivity contribution is -0.305. The molecule has 55 heavy (non-hydrogen) atoms. The highest BCUT2D eigenvalue weighted by molar-refractivity contribution is 5.70. The SMILES string of the molecule is CCCCCCCCCCCCCCCCCCCCC(=O)OC[C@@H](CO[C@H]1O[C@@H](CO)[C@@H](O)C(O)C1O)OC(=O)CCCCCCCCCCCCCC. The summed E-state index contributed by atoms with van der Waals surface area (Å²) < 4.78 is 22.2. The fourth-order valence-corrected chi connectivity index (χ4v) is 7.31. The van der Waals surface area contributed by atoms with Gasteiger partial charge in [0.1, 0.15) is 31.0 Å². The number of hydrogen-bond acceptors (Lipinski definition) is 10. The van der Waals surface area contributed by atoms with Crippen molar-refractivity contribution in [3.05, 3.63) is 0 Å². The van der Waals surface area contributed by atoms with Crippen molar-refractivity contribution in [2.24, 2.45) is 0 Å². The van der Waals surface area contributed by atoms with Crippen molar-refractivity contribution in [2.75, 3.05) is 19.8 Å². The Morgan fingerprint density at radius 1 is 0.491 bits per heavy atom. The van der Waals surface area contributed by atoms with Crippen LogP contribution in [0.2, 0.25) is 0 Å². The molecule has 10 nitrogen and oxygen atoms in total. The van der Waals surface area contributed by atoms with Crippen LogP contribution in [0.5, 0.6) is 0 Å². The highest BCUT2D eigenvalue weighted by Crippen LogP contribution is 2.23.